The van der Waals surface area contributed by atoms with Crippen LogP contribution in [0.1, 0.15) is 28.8 Å². The number of aromatic nitrogens is 1. The molecule has 0 atom stereocenters. The third-order valence-electron chi connectivity index (χ3n) is 6.17. The third kappa shape index (κ3) is 5.58. The van der Waals surface area contributed by atoms with E-state index in [0.29, 0.717) is 60.6 Å². The minimum Gasteiger partial charge on any atom is -0.481 e. The van der Waals surface area contributed by atoms with Gasteiger partial charge in [0.25, 0.3) is 5.91 Å². The standard InChI is InChI=1S/C25H25ClF2N4O3/c26-19-13-22(16-10-20(27)18(14-29)21(28)11-16)30-23-12-15(3-4-17(19)23)25(35)32-8-6-31(7-9-32)5-1-2-24(33)34/h3-4,10-13H,1-2,5-9,14,29H2,(H,33,34). The molecule has 1 fully saturated rings. The van der Waals surface area contributed by atoms with Crippen LogP contribution >= 0.6 is 11.6 Å². The zero-order valence-electron chi connectivity index (χ0n) is 18.9. The Morgan fingerprint density at radius 3 is 2.37 bits per heavy atom. The fourth-order valence-electron chi connectivity index (χ4n) is 4.22. The van der Waals surface area contributed by atoms with E-state index in [0.717, 1.165) is 0 Å². The molecule has 4 rings (SSSR count). The van der Waals surface area contributed by atoms with Crippen LogP contribution in [0.15, 0.2) is 36.4 Å². The van der Waals surface area contributed by atoms with Gasteiger partial charge in [-0.2, -0.15) is 0 Å². The number of fused-ring (bicyclic) bond motifs is 1. The summed E-state index contributed by atoms with van der Waals surface area (Å²) in [5.41, 5.74) is 6.59. The van der Waals surface area contributed by atoms with Gasteiger partial charge >= 0.3 is 5.97 Å². The molecule has 35 heavy (non-hydrogen) atoms. The van der Waals surface area contributed by atoms with E-state index in [9.17, 15) is 18.4 Å². The highest BCUT2D eigenvalue weighted by molar-refractivity contribution is 6.35. The SMILES string of the molecule is NCc1c(F)cc(-c2cc(Cl)c3ccc(C(=O)N4CCN(CCCC(=O)O)CC4)cc3n2)cc1F. The average molecular weight is 503 g/mol. The number of amides is 1. The van der Waals surface area contributed by atoms with Crippen molar-refractivity contribution in [1.29, 1.82) is 0 Å². The van der Waals surface area contributed by atoms with E-state index in [1.165, 1.54) is 18.2 Å². The normalized spacial score (nSPS) is 14.5. The lowest BCUT2D eigenvalue weighted by molar-refractivity contribution is -0.137. The van der Waals surface area contributed by atoms with Crippen LogP contribution < -0.4 is 5.73 Å². The van der Waals surface area contributed by atoms with Crippen molar-refractivity contribution >= 4 is 34.4 Å². The summed E-state index contributed by atoms with van der Waals surface area (Å²) in [4.78, 5) is 32.2. The molecule has 10 heteroatoms. The molecule has 0 aliphatic carbocycles. The molecule has 0 radical (unpaired) electrons. The molecule has 3 N–H and O–H groups in total. The van der Waals surface area contributed by atoms with E-state index in [4.69, 9.17) is 22.4 Å². The van der Waals surface area contributed by atoms with Gasteiger partial charge in [-0.25, -0.2) is 13.8 Å². The molecule has 7 nitrogen and oxygen atoms in total. The predicted octanol–water partition coefficient (Wildman–Crippen LogP) is 3.91. The molecule has 3 aromatic rings. The molecule has 2 heterocycles. The highest BCUT2D eigenvalue weighted by Crippen LogP contribution is 2.30. The van der Waals surface area contributed by atoms with Gasteiger partial charge in [-0.3, -0.25) is 14.5 Å². The predicted molar refractivity (Wildman–Crippen MR) is 129 cm³/mol. The van der Waals surface area contributed by atoms with Crippen LogP contribution in [-0.2, 0) is 11.3 Å². The number of hydrogen-bond donors (Lipinski definition) is 2. The van der Waals surface area contributed by atoms with Crippen LogP contribution in [0.2, 0.25) is 5.02 Å². The lowest BCUT2D eigenvalue weighted by Crippen LogP contribution is -2.48. The number of hydrogen-bond acceptors (Lipinski definition) is 5. The fraction of sp³-hybridized carbons (Fsp3) is 0.320. The number of carboxylic acid groups (broad SMARTS) is 1. The van der Waals surface area contributed by atoms with Crippen LogP contribution in [0.5, 0.6) is 0 Å². The van der Waals surface area contributed by atoms with Gasteiger partial charge in [0.05, 0.1) is 16.2 Å². The van der Waals surface area contributed by atoms with Crippen molar-refractivity contribution < 1.29 is 23.5 Å². The Morgan fingerprint density at radius 1 is 1.06 bits per heavy atom. The minimum absolute atomic E-state index is 0.129. The first-order chi connectivity index (χ1) is 16.8. The molecule has 1 saturated heterocycles. The largest absolute Gasteiger partial charge is 0.481 e. The van der Waals surface area contributed by atoms with E-state index in [1.54, 1.807) is 23.1 Å². The maximum Gasteiger partial charge on any atom is 0.303 e. The number of rotatable bonds is 7. The Hall–Kier alpha value is -3.14. The van der Waals surface area contributed by atoms with Crippen molar-refractivity contribution in [2.24, 2.45) is 5.73 Å². The van der Waals surface area contributed by atoms with Gasteiger partial charge in [-0.1, -0.05) is 17.7 Å². The summed E-state index contributed by atoms with van der Waals surface area (Å²) >= 11 is 6.42. The molecule has 1 amide bonds. The van der Waals surface area contributed by atoms with Crippen molar-refractivity contribution in [3.63, 3.8) is 0 Å². The summed E-state index contributed by atoms with van der Waals surface area (Å²) in [6, 6.07) is 8.90. The van der Waals surface area contributed by atoms with Crippen LogP contribution in [-0.4, -0.2) is 64.5 Å². The highest BCUT2D eigenvalue weighted by Gasteiger charge is 2.23. The summed E-state index contributed by atoms with van der Waals surface area (Å²) in [6.45, 7) is 2.83. The maximum absolute atomic E-state index is 14.3. The average Bonchev–Trinajstić information content (AvgIpc) is 2.83. The first-order valence-electron chi connectivity index (χ1n) is 11.3. The first kappa shape index (κ1) is 25.0. The van der Waals surface area contributed by atoms with Crippen LogP contribution in [0.4, 0.5) is 8.78 Å². The number of piperazine rings is 1. The molecule has 0 saturated carbocycles. The Kier molecular flexibility index (Phi) is 7.59. The summed E-state index contributed by atoms with van der Waals surface area (Å²) < 4.78 is 28.5. The number of benzene rings is 2. The van der Waals surface area contributed by atoms with Crippen molar-refractivity contribution in [3.05, 3.63) is 64.2 Å². The van der Waals surface area contributed by atoms with E-state index < -0.39 is 17.6 Å². The Balaban J connectivity index is 1.53. The van der Waals surface area contributed by atoms with Gasteiger partial charge < -0.3 is 15.7 Å². The molecule has 0 bridgehead atoms. The molecule has 184 valence electrons. The van der Waals surface area contributed by atoms with Crippen molar-refractivity contribution in [3.8, 4) is 11.3 Å². The lowest BCUT2D eigenvalue weighted by Gasteiger charge is -2.34. The zero-order chi connectivity index (χ0) is 25.1. The fourth-order valence-corrected chi connectivity index (χ4v) is 4.49. The van der Waals surface area contributed by atoms with Crippen molar-refractivity contribution in [2.45, 2.75) is 19.4 Å². The van der Waals surface area contributed by atoms with E-state index >= 15 is 0 Å². The summed E-state index contributed by atoms with van der Waals surface area (Å²) in [6.07, 6.45) is 0.704. The van der Waals surface area contributed by atoms with Gasteiger partial charge in [0.15, 0.2) is 0 Å². The smallest absolute Gasteiger partial charge is 0.303 e. The van der Waals surface area contributed by atoms with Gasteiger partial charge in [-0.15, -0.1) is 0 Å². The molecular weight excluding hydrogens is 478 g/mol. The number of aliphatic carboxylic acids is 1. The summed E-state index contributed by atoms with van der Waals surface area (Å²) in [7, 11) is 0. The second-order valence-corrected chi connectivity index (χ2v) is 8.88. The minimum atomic E-state index is -0.810. The number of carbonyl (C=O) groups excluding carboxylic acids is 1. The van der Waals surface area contributed by atoms with Gasteiger partial charge in [0, 0.05) is 61.2 Å². The van der Waals surface area contributed by atoms with Crippen LogP contribution in [0, 0.1) is 11.6 Å². The molecule has 2 aromatic carbocycles. The maximum atomic E-state index is 14.3. The molecule has 0 unspecified atom stereocenters. The monoisotopic (exact) mass is 502 g/mol. The molecule has 1 aliphatic rings. The van der Waals surface area contributed by atoms with Crippen molar-refractivity contribution in [1.82, 2.24) is 14.8 Å². The second-order valence-electron chi connectivity index (χ2n) is 8.47. The van der Waals surface area contributed by atoms with Crippen LogP contribution in [0.3, 0.4) is 0 Å². The first-order valence-corrected chi connectivity index (χ1v) is 11.7. The number of nitrogens with two attached hydrogens (primary N) is 1. The van der Waals surface area contributed by atoms with Crippen molar-refractivity contribution in [2.75, 3.05) is 32.7 Å². The number of carbonyl (C=O) groups is 2. The van der Waals surface area contributed by atoms with Crippen LogP contribution in [0.25, 0.3) is 22.2 Å². The Morgan fingerprint density at radius 2 is 1.74 bits per heavy atom. The number of nitrogens with zero attached hydrogens (tertiary/aromatic N) is 3. The third-order valence-corrected chi connectivity index (χ3v) is 6.48. The quantitative estimate of drug-likeness (QED) is 0.508. The molecule has 0 spiro atoms. The summed E-state index contributed by atoms with van der Waals surface area (Å²) in [5.74, 6) is -2.47. The zero-order valence-corrected chi connectivity index (χ0v) is 19.7. The summed E-state index contributed by atoms with van der Waals surface area (Å²) in [5, 5.41) is 9.75. The highest BCUT2D eigenvalue weighted by atomic mass is 35.5. The Labute approximate surface area is 206 Å². The molecule has 1 aliphatic heterocycles. The number of pyridine rings is 1. The molecule has 1 aromatic heterocycles. The van der Waals surface area contributed by atoms with E-state index in [2.05, 4.69) is 9.88 Å². The Bertz CT molecular complexity index is 1260. The van der Waals surface area contributed by atoms with E-state index in [-0.39, 0.29) is 35.7 Å². The van der Waals surface area contributed by atoms with Gasteiger partial charge in [0.1, 0.15) is 11.6 Å². The lowest BCUT2D eigenvalue weighted by atomic mass is 10.0. The number of halogens is 3. The van der Waals surface area contributed by atoms with Gasteiger partial charge in [0.2, 0.25) is 0 Å². The topological polar surface area (TPSA) is 99.8 Å². The molecular formula is C25H25ClF2N4O3. The second kappa shape index (κ2) is 10.6. The van der Waals surface area contributed by atoms with Gasteiger partial charge in [-0.05, 0) is 43.3 Å². The number of carboxylic acids is 1. The van der Waals surface area contributed by atoms with E-state index in [1.807, 2.05) is 0 Å².